The number of allylic oxidation sites excluding steroid dienone is 1. The summed E-state index contributed by atoms with van der Waals surface area (Å²) in [6, 6.07) is 0. The molecule has 2 nitrogen and oxygen atoms in total. The third kappa shape index (κ3) is 5.50. The summed E-state index contributed by atoms with van der Waals surface area (Å²) >= 11 is 5.03. The molecule has 0 aromatic heterocycles. The molecule has 0 aromatic rings. The third-order valence-electron chi connectivity index (χ3n) is 0.493. The lowest BCUT2D eigenvalue weighted by atomic mass is 10.5. The highest BCUT2D eigenvalue weighted by Gasteiger charge is 1.64. The molecule has 0 spiro atoms. The maximum atomic E-state index is 5.03. The van der Waals surface area contributed by atoms with Crippen molar-refractivity contribution >= 4 is 17.3 Å². The van der Waals surface area contributed by atoms with Gasteiger partial charge in [-0.05, 0) is 12.5 Å². The minimum absolute atomic E-state index is 0.942. The maximum Gasteiger partial charge on any atom is 0.133 e. The van der Waals surface area contributed by atoms with E-state index in [1.165, 1.54) is 6.26 Å². The van der Waals surface area contributed by atoms with Crippen molar-refractivity contribution in [2.24, 2.45) is 5.16 Å². The summed E-state index contributed by atoms with van der Waals surface area (Å²) < 4.78 is 0. The van der Waals surface area contributed by atoms with Crippen LogP contribution >= 0.6 is 11.6 Å². The predicted octanol–water partition coefficient (Wildman–Crippen LogP) is 2.11. The molecule has 0 aliphatic rings. The van der Waals surface area contributed by atoms with Crippen LogP contribution < -0.4 is 0 Å². The molecule has 0 aliphatic heterocycles. The van der Waals surface area contributed by atoms with E-state index in [0.717, 1.165) is 12.1 Å². The molecule has 0 unspecified atom stereocenters. The van der Waals surface area contributed by atoms with Gasteiger partial charge in [0.1, 0.15) is 11.9 Å². The van der Waals surface area contributed by atoms with E-state index in [1.54, 1.807) is 0 Å². The summed E-state index contributed by atoms with van der Waals surface area (Å²) in [7, 11) is 0. The summed E-state index contributed by atoms with van der Waals surface area (Å²) in [4.78, 5) is 4.48. The zero-order valence-corrected chi connectivity index (χ0v) is 5.43. The Balaban J connectivity index is 3.03. The Bertz CT molecular complexity index is 90.4. The van der Waals surface area contributed by atoms with Gasteiger partial charge in [0.2, 0.25) is 0 Å². The fourth-order valence-electron chi connectivity index (χ4n) is 0.197. The van der Waals surface area contributed by atoms with E-state index in [1.807, 2.05) is 13.0 Å². The summed E-state index contributed by atoms with van der Waals surface area (Å²) in [5, 5.41) is 3.26. The fraction of sp³-hybridized carbons (Fsp3) is 0.400. The third-order valence-corrected chi connectivity index (χ3v) is 0.573. The van der Waals surface area contributed by atoms with Gasteiger partial charge in [-0.2, -0.15) is 0 Å². The first-order valence-electron chi connectivity index (χ1n) is 2.34. The SMILES string of the molecule is CCC=CON=CCl. The Kier molecular flexibility index (Phi) is 6.09. The van der Waals surface area contributed by atoms with E-state index in [-0.39, 0.29) is 0 Å². The van der Waals surface area contributed by atoms with Gasteiger partial charge < -0.3 is 4.84 Å². The maximum absolute atomic E-state index is 5.03. The van der Waals surface area contributed by atoms with Crippen molar-refractivity contribution in [2.75, 3.05) is 0 Å². The lowest BCUT2D eigenvalue weighted by molar-refractivity contribution is 0.270. The van der Waals surface area contributed by atoms with Gasteiger partial charge in [0.25, 0.3) is 0 Å². The van der Waals surface area contributed by atoms with Gasteiger partial charge >= 0.3 is 0 Å². The first-order valence-corrected chi connectivity index (χ1v) is 2.78. The zero-order valence-electron chi connectivity index (χ0n) is 4.67. The second-order valence-corrected chi connectivity index (χ2v) is 1.28. The molecular weight excluding hydrogens is 126 g/mol. The van der Waals surface area contributed by atoms with E-state index < -0.39 is 0 Å². The topological polar surface area (TPSA) is 21.6 Å². The van der Waals surface area contributed by atoms with Crippen LogP contribution in [0.1, 0.15) is 13.3 Å². The molecule has 0 bridgehead atoms. The molecule has 0 radical (unpaired) electrons. The predicted molar refractivity (Wildman–Crippen MR) is 34.9 cm³/mol. The minimum atomic E-state index is 0.942. The molecule has 0 atom stereocenters. The standard InChI is InChI=1S/C5H8ClNO/c1-2-3-4-8-7-5-6/h3-5H,2H2,1H3. The van der Waals surface area contributed by atoms with Crippen molar-refractivity contribution in [3.63, 3.8) is 0 Å². The summed E-state index contributed by atoms with van der Waals surface area (Å²) in [5.74, 6) is 0. The number of hydrogen-bond donors (Lipinski definition) is 0. The second-order valence-electron chi connectivity index (χ2n) is 1.09. The van der Waals surface area contributed by atoms with Crippen molar-refractivity contribution in [3.8, 4) is 0 Å². The van der Waals surface area contributed by atoms with Gasteiger partial charge in [-0.1, -0.05) is 23.7 Å². The van der Waals surface area contributed by atoms with Crippen molar-refractivity contribution in [1.82, 2.24) is 0 Å². The summed E-state index contributed by atoms with van der Waals surface area (Å²) in [5.41, 5.74) is 1.07. The largest absolute Gasteiger partial charge is 0.364 e. The molecule has 8 heavy (non-hydrogen) atoms. The van der Waals surface area contributed by atoms with Crippen LogP contribution in [0, 0.1) is 0 Å². The Labute approximate surface area is 53.8 Å². The van der Waals surface area contributed by atoms with Gasteiger partial charge in [0.05, 0.1) is 0 Å². The van der Waals surface area contributed by atoms with Crippen LogP contribution in [-0.4, -0.2) is 5.67 Å². The highest BCUT2D eigenvalue weighted by Crippen LogP contribution is 1.81. The quantitative estimate of drug-likeness (QED) is 0.328. The average molecular weight is 134 g/mol. The van der Waals surface area contributed by atoms with Gasteiger partial charge in [0, 0.05) is 0 Å². The van der Waals surface area contributed by atoms with Gasteiger partial charge in [-0.3, -0.25) is 0 Å². The van der Waals surface area contributed by atoms with Crippen LogP contribution in [0.5, 0.6) is 0 Å². The first-order chi connectivity index (χ1) is 3.91. The molecule has 0 aromatic carbocycles. The van der Waals surface area contributed by atoms with Crippen molar-refractivity contribution in [3.05, 3.63) is 12.3 Å². The number of halogens is 1. The number of oxime groups is 1. The minimum Gasteiger partial charge on any atom is -0.364 e. The van der Waals surface area contributed by atoms with Crippen LogP contribution in [0.4, 0.5) is 0 Å². The van der Waals surface area contributed by atoms with Crippen molar-refractivity contribution in [1.29, 1.82) is 0 Å². The van der Waals surface area contributed by atoms with Crippen LogP contribution in [-0.2, 0) is 4.84 Å². The van der Waals surface area contributed by atoms with E-state index in [0.29, 0.717) is 0 Å². The monoisotopic (exact) mass is 133 g/mol. The molecule has 0 amide bonds. The average Bonchev–Trinajstić information content (AvgIpc) is 1.81. The molecule has 0 N–H and O–H groups in total. The highest BCUT2D eigenvalue weighted by atomic mass is 35.5. The molecule has 0 heterocycles. The Morgan fingerprint density at radius 2 is 2.50 bits per heavy atom. The summed E-state index contributed by atoms with van der Waals surface area (Å²) in [6.07, 6.45) is 4.26. The second kappa shape index (κ2) is 6.50. The molecule has 0 aliphatic carbocycles. The van der Waals surface area contributed by atoms with E-state index in [4.69, 9.17) is 11.6 Å². The van der Waals surface area contributed by atoms with Crippen LogP contribution in [0.2, 0.25) is 0 Å². The number of rotatable bonds is 3. The fourth-order valence-corrected chi connectivity index (χ4v) is 0.243. The van der Waals surface area contributed by atoms with Gasteiger partial charge in [-0.15, -0.1) is 0 Å². The Morgan fingerprint density at radius 1 is 1.75 bits per heavy atom. The van der Waals surface area contributed by atoms with Gasteiger partial charge in [-0.25, -0.2) is 0 Å². The lowest BCUT2D eigenvalue weighted by Gasteiger charge is -1.81. The molecular formula is C5H8ClNO. The molecule has 0 saturated carbocycles. The molecule has 0 rings (SSSR count). The van der Waals surface area contributed by atoms with Gasteiger partial charge in [0.15, 0.2) is 0 Å². The highest BCUT2D eigenvalue weighted by molar-refractivity contribution is 6.56. The first kappa shape index (κ1) is 7.50. The molecule has 0 fully saturated rings. The van der Waals surface area contributed by atoms with E-state index >= 15 is 0 Å². The molecule has 0 saturated heterocycles. The van der Waals surface area contributed by atoms with Crippen LogP contribution in [0.25, 0.3) is 0 Å². The smallest absolute Gasteiger partial charge is 0.133 e. The lowest BCUT2D eigenvalue weighted by Crippen LogP contribution is -1.63. The number of hydrogen-bond acceptors (Lipinski definition) is 2. The molecule has 3 heteroatoms. The Hall–Kier alpha value is -0.500. The zero-order chi connectivity index (χ0) is 6.24. The summed E-state index contributed by atoms with van der Waals surface area (Å²) in [6.45, 7) is 2.00. The van der Waals surface area contributed by atoms with E-state index in [2.05, 4.69) is 9.99 Å². The van der Waals surface area contributed by atoms with Crippen LogP contribution in [0.3, 0.4) is 0 Å². The molecule has 46 valence electrons. The normalized spacial score (nSPS) is 11.2. The van der Waals surface area contributed by atoms with Crippen molar-refractivity contribution < 1.29 is 4.84 Å². The van der Waals surface area contributed by atoms with Crippen molar-refractivity contribution in [2.45, 2.75) is 13.3 Å². The van der Waals surface area contributed by atoms with Crippen LogP contribution in [0.15, 0.2) is 17.5 Å². The Morgan fingerprint density at radius 3 is 3.00 bits per heavy atom. The van der Waals surface area contributed by atoms with E-state index in [9.17, 15) is 0 Å². The number of nitrogens with zero attached hydrogens (tertiary/aromatic N) is 1.